The molecule has 0 aliphatic heterocycles. The van der Waals surface area contributed by atoms with Crippen molar-refractivity contribution in [1.82, 2.24) is 15.0 Å². The Kier molecular flexibility index (Phi) is 4.70. The van der Waals surface area contributed by atoms with E-state index in [0.717, 1.165) is 15.2 Å². The third-order valence-corrected chi connectivity index (χ3v) is 5.97. The van der Waals surface area contributed by atoms with Crippen LogP contribution in [0, 0.1) is 13.8 Å². The monoisotopic (exact) mass is 350 g/mol. The van der Waals surface area contributed by atoms with Crippen LogP contribution in [-0.2, 0) is 4.79 Å². The highest BCUT2D eigenvalue weighted by Gasteiger charge is 2.13. The number of fused-ring (bicyclic) bond motifs is 1. The van der Waals surface area contributed by atoms with Gasteiger partial charge in [-0.2, -0.15) is 0 Å². The van der Waals surface area contributed by atoms with Crippen molar-refractivity contribution in [3.05, 3.63) is 28.3 Å². The van der Waals surface area contributed by atoms with Gasteiger partial charge in [-0.25, -0.2) is 15.0 Å². The molecule has 8 heteroatoms. The highest BCUT2D eigenvalue weighted by molar-refractivity contribution is 7.99. The summed E-state index contributed by atoms with van der Waals surface area (Å²) in [6, 6.07) is 0. The normalized spacial score (nSPS) is 11.0. The molecule has 0 radical (unpaired) electrons. The Labute approximate surface area is 140 Å². The van der Waals surface area contributed by atoms with E-state index < -0.39 is 0 Å². The fourth-order valence-electron chi connectivity index (χ4n) is 1.97. The number of carbonyl (C=O) groups is 1. The summed E-state index contributed by atoms with van der Waals surface area (Å²) in [7, 11) is 0. The second-order valence-electron chi connectivity index (χ2n) is 4.63. The van der Waals surface area contributed by atoms with Crippen LogP contribution in [0.4, 0.5) is 5.13 Å². The summed E-state index contributed by atoms with van der Waals surface area (Å²) < 4.78 is 0. The van der Waals surface area contributed by atoms with Crippen LogP contribution in [0.15, 0.2) is 22.9 Å². The molecule has 0 spiro atoms. The molecule has 1 amide bonds. The molecule has 114 valence electrons. The number of hydrogen-bond acceptors (Lipinski definition) is 7. The first-order valence-electron chi connectivity index (χ1n) is 6.68. The third kappa shape index (κ3) is 3.29. The molecule has 3 aromatic rings. The average Bonchev–Trinajstić information content (AvgIpc) is 3.09. The van der Waals surface area contributed by atoms with E-state index >= 15 is 0 Å². The number of aryl methyl sites for hydroxylation is 2. The van der Waals surface area contributed by atoms with E-state index in [1.165, 1.54) is 21.8 Å². The zero-order chi connectivity index (χ0) is 15.5. The molecule has 0 saturated carbocycles. The van der Waals surface area contributed by atoms with Gasteiger partial charge in [0.15, 0.2) is 5.13 Å². The lowest BCUT2D eigenvalue weighted by Gasteiger charge is -2.03. The summed E-state index contributed by atoms with van der Waals surface area (Å²) in [5, 5.41) is 7.34. The number of nitrogens with one attached hydrogen (secondary N) is 1. The Morgan fingerprint density at radius 3 is 2.95 bits per heavy atom. The minimum absolute atomic E-state index is 0.0222. The second kappa shape index (κ2) is 6.72. The van der Waals surface area contributed by atoms with Crippen LogP contribution in [0.5, 0.6) is 0 Å². The molecule has 0 aromatic carbocycles. The van der Waals surface area contributed by atoms with Crippen LogP contribution in [0.25, 0.3) is 10.2 Å². The summed E-state index contributed by atoms with van der Waals surface area (Å²) in [5.74, 6) is 0.656. The highest BCUT2D eigenvalue weighted by Crippen LogP contribution is 2.34. The molecule has 3 heterocycles. The predicted octanol–water partition coefficient (Wildman–Crippen LogP) is 3.89. The molecule has 5 nitrogen and oxygen atoms in total. The van der Waals surface area contributed by atoms with Crippen LogP contribution in [0.1, 0.15) is 16.9 Å². The molecule has 0 saturated heterocycles. The zero-order valence-corrected chi connectivity index (χ0v) is 14.6. The lowest BCUT2D eigenvalue weighted by atomic mass is 10.2. The largest absolute Gasteiger partial charge is 0.302 e. The molecule has 22 heavy (non-hydrogen) atoms. The van der Waals surface area contributed by atoms with Crippen molar-refractivity contribution in [2.75, 3.05) is 11.1 Å². The Hall–Kier alpha value is -1.51. The molecule has 0 fully saturated rings. The summed E-state index contributed by atoms with van der Waals surface area (Å²) in [5.41, 5.74) is 1.23. The number of thiophene rings is 1. The van der Waals surface area contributed by atoms with Crippen molar-refractivity contribution in [1.29, 1.82) is 0 Å². The van der Waals surface area contributed by atoms with Crippen molar-refractivity contribution in [3.8, 4) is 0 Å². The maximum absolute atomic E-state index is 11.8. The van der Waals surface area contributed by atoms with Crippen molar-refractivity contribution < 1.29 is 4.79 Å². The van der Waals surface area contributed by atoms with E-state index in [2.05, 4.69) is 34.1 Å². The van der Waals surface area contributed by atoms with E-state index in [1.54, 1.807) is 35.6 Å². The first-order chi connectivity index (χ1) is 10.6. The van der Waals surface area contributed by atoms with Gasteiger partial charge in [-0.15, -0.1) is 34.4 Å². The van der Waals surface area contributed by atoms with Crippen molar-refractivity contribution >= 4 is 55.7 Å². The number of aromatic nitrogens is 3. The fourth-order valence-corrected chi connectivity index (χ4v) is 4.57. The number of carbonyl (C=O) groups excluding carboxylic acids is 1. The number of nitrogens with zero attached hydrogens (tertiary/aromatic N) is 3. The van der Waals surface area contributed by atoms with E-state index in [-0.39, 0.29) is 5.91 Å². The first kappa shape index (κ1) is 15.4. The number of anilines is 1. The second-order valence-corrected chi connectivity index (χ2v) is 7.81. The van der Waals surface area contributed by atoms with Crippen molar-refractivity contribution in [3.63, 3.8) is 0 Å². The SMILES string of the molecule is Cc1sc2ncnc(SCCC(=O)Nc3nccs3)c2c1C. The summed E-state index contributed by atoms with van der Waals surface area (Å²) >= 11 is 4.70. The summed E-state index contributed by atoms with van der Waals surface area (Å²) in [6.45, 7) is 4.19. The number of rotatable bonds is 5. The van der Waals surface area contributed by atoms with Gasteiger partial charge in [0.25, 0.3) is 0 Å². The van der Waals surface area contributed by atoms with Crippen LogP contribution >= 0.6 is 34.4 Å². The third-order valence-electron chi connectivity index (χ3n) is 3.18. The standard InChI is InChI=1S/C14H14N4OS3/c1-8-9(2)22-13-11(8)12(16-7-17-13)20-5-3-10(19)18-14-15-4-6-21-14/h4,6-7H,3,5H2,1-2H3,(H,15,18,19). The van der Waals surface area contributed by atoms with Gasteiger partial charge in [-0.3, -0.25) is 4.79 Å². The van der Waals surface area contributed by atoms with Gasteiger partial charge in [-0.1, -0.05) is 0 Å². The van der Waals surface area contributed by atoms with Crippen molar-refractivity contribution in [2.24, 2.45) is 0 Å². The van der Waals surface area contributed by atoms with Gasteiger partial charge in [-0.05, 0) is 19.4 Å². The molecule has 0 atom stereocenters. The topological polar surface area (TPSA) is 67.8 Å². The molecule has 0 bridgehead atoms. The molecule has 0 aliphatic rings. The molecule has 3 rings (SSSR count). The smallest absolute Gasteiger partial charge is 0.226 e. The van der Waals surface area contributed by atoms with Crippen LogP contribution in [0.2, 0.25) is 0 Å². The van der Waals surface area contributed by atoms with Gasteiger partial charge in [0, 0.05) is 34.0 Å². The molecular weight excluding hydrogens is 336 g/mol. The van der Waals surface area contributed by atoms with Gasteiger partial charge in [0.05, 0.1) is 0 Å². The summed E-state index contributed by atoms with van der Waals surface area (Å²) in [6.07, 6.45) is 3.70. The van der Waals surface area contributed by atoms with E-state index in [1.807, 2.05) is 5.38 Å². The Morgan fingerprint density at radius 1 is 1.32 bits per heavy atom. The van der Waals surface area contributed by atoms with Gasteiger partial charge >= 0.3 is 0 Å². The number of thioether (sulfide) groups is 1. The average molecular weight is 350 g/mol. The van der Waals surface area contributed by atoms with Crippen LogP contribution in [-0.4, -0.2) is 26.6 Å². The van der Waals surface area contributed by atoms with Gasteiger partial charge in [0.2, 0.25) is 5.91 Å². The van der Waals surface area contributed by atoms with Gasteiger partial charge < -0.3 is 5.32 Å². The highest BCUT2D eigenvalue weighted by atomic mass is 32.2. The predicted molar refractivity (Wildman–Crippen MR) is 93.0 cm³/mol. The zero-order valence-electron chi connectivity index (χ0n) is 12.1. The van der Waals surface area contributed by atoms with Crippen molar-refractivity contribution in [2.45, 2.75) is 25.3 Å². The lowest BCUT2D eigenvalue weighted by molar-refractivity contribution is -0.115. The Balaban J connectivity index is 1.63. The van der Waals surface area contributed by atoms with E-state index in [0.29, 0.717) is 17.3 Å². The molecule has 3 aromatic heterocycles. The van der Waals surface area contributed by atoms with Crippen LogP contribution in [0.3, 0.4) is 0 Å². The molecular formula is C14H14N4OS3. The minimum Gasteiger partial charge on any atom is -0.302 e. The molecule has 0 aliphatic carbocycles. The molecule has 1 N–H and O–H groups in total. The summed E-state index contributed by atoms with van der Waals surface area (Å²) in [4.78, 5) is 26.9. The maximum atomic E-state index is 11.8. The Bertz CT molecular complexity index is 798. The number of amides is 1. The minimum atomic E-state index is -0.0222. The Morgan fingerprint density at radius 2 is 2.18 bits per heavy atom. The fraction of sp³-hybridized carbons (Fsp3) is 0.286. The number of thiazole rings is 1. The number of hydrogen-bond donors (Lipinski definition) is 1. The lowest BCUT2D eigenvalue weighted by Crippen LogP contribution is -2.11. The molecule has 0 unspecified atom stereocenters. The van der Waals surface area contributed by atoms with Crippen LogP contribution < -0.4 is 5.32 Å². The maximum Gasteiger partial charge on any atom is 0.226 e. The van der Waals surface area contributed by atoms with E-state index in [4.69, 9.17) is 0 Å². The quantitative estimate of drug-likeness (QED) is 0.558. The van der Waals surface area contributed by atoms with Gasteiger partial charge in [0.1, 0.15) is 16.2 Å². The first-order valence-corrected chi connectivity index (χ1v) is 9.36. The van der Waals surface area contributed by atoms with E-state index in [9.17, 15) is 4.79 Å².